The van der Waals surface area contributed by atoms with Crippen LogP contribution in [-0.4, -0.2) is 33.1 Å². The molecule has 17 heavy (non-hydrogen) atoms. The topological polar surface area (TPSA) is 38.1 Å². The molecule has 2 heterocycles. The van der Waals surface area contributed by atoms with Gasteiger partial charge in [-0.05, 0) is 33.2 Å². The van der Waals surface area contributed by atoms with E-state index in [1.54, 1.807) is 6.92 Å². The van der Waals surface area contributed by atoms with Crippen molar-refractivity contribution in [3.63, 3.8) is 0 Å². The quantitative estimate of drug-likeness (QED) is 0.781. The Bertz CT molecular complexity index is 386. The van der Waals surface area contributed by atoms with E-state index in [1.165, 1.54) is 12.0 Å². The van der Waals surface area contributed by atoms with Crippen LogP contribution in [0.4, 0.5) is 0 Å². The molecule has 1 atom stereocenters. The molecule has 4 heteroatoms. The maximum Gasteiger partial charge on any atom is 0.131 e. The lowest BCUT2D eigenvalue weighted by atomic mass is 10.1. The fourth-order valence-electron chi connectivity index (χ4n) is 2.56. The molecular formula is C13H21N3O. The highest BCUT2D eigenvalue weighted by atomic mass is 16.1. The number of aryl methyl sites for hydroxylation is 1. The summed E-state index contributed by atoms with van der Waals surface area (Å²) in [6.45, 7) is 6.72. The molecule has 0 amide bonds. The molecule has 1 saturated heterocycles. The minimum absolute atomic E-state index is 0.297. The zero-order valence-electron chi connectivity index (χ0n) is 10.7. The van der Waals surface area contributed by atoms with Gasteiger partial charge in [-0.25, -0.2) is 0 Å². The van der Waals surface area contributed by atoms with Crippen LogP contribution in [0.15, 0.2) is 12.4 Å². The van der Waals surface area contributed by atoms with E-state index >= 15 is 0 Å². The minimum atomic E-state index is 0.297. The van der Waals surface area contributed by atoms with Crippen molar-refractivity contribution in [2.75, 3.05) is 6.54 Å². The third kappa shape index (κ3) is 3.16. The Morgan fingerprint density at radius 1 is 1.59 bits per heavy atom. The fourth-order valence-corrected chi connectivity index (χ4v) is 2.56. The maximum absolute atomic E-state index is 11.2. The van der Waals surface area contributed by atoms with Crippen molar-refractivity contribution in [2.45, 2.75) is 52.2 Å². The standard InChI is InChI=1S/C13H21N3O/c1-3-16-10-12(8-14-16)9-15-6-4-5-13(15)7-11(2)17/h8,10,13H,3-7,9H2,1-2H3. The van der Waals surface area contributed by atoms with E-state index < -0.39 is 0 Å². The van der Waals surface area contributed by atoms with Gasteiger partial charge in [0, 0.05) is 37.3 Å². The largest absolute Gasteiger partial charge is 0.300 e. The highest BCUT2D eigenvalue weighted by molar-refractivity contribution is 5.76. The van der Waals surface area contributed by atoms with Gasteiger partial charge >= 0.3 is 0 Å². The third-order valence-corrected chi connectivity index (χ3v) is 3.42. The molecule has 0 bridgehead atoms. The van der Waals surface area contributed by atoms with Gasteiger partial charge in [-0.3, -0.25) is 14.4 Å². The number of carbonyl (C=O) groups excluding carboxylic acids is 1. The summed E-state index contributed by atoms with van der Waals surface area (Å²) in [6, 6.07) is 0.442. The number of hydrogen-bond donors (Lipinski definition) is 0. The molecule has 0 aliphatic carbocycles. The number of hydrogen-bond acceptors (Lipinski definition) is 3. The van der Waals surface area contributed by atoms with Gasteiger partial charge in [-0.2, -0.15) is 5.10 Å². The van der Waals surface area contributed by atoms with Gasteiger partial charge in [0.15, 0.2) is 0 Å². The molecule has 0 N–H and O–H groups in total. The summed E-state index contributed by atoms with van der Waals surface area (Å²) in [4.78, 5) is 13.6. The summed E-state index contributed by atoms with van der Waals surface area (Å²) in [5, 5.41) is 4.29. The second kappa shape index (κ2) is 5.45. The van der Waals surface area contributed by atoms with Crippen LogP contribution in [0.5, 0.6) is 0 Å². The highest BCUT2D eigenvalue weighted by Crippen LogP contribution is 2.22. The van der Waals surface area contributed by atoms with Gasteiger partial charge in [0.05, 0.1) is 6.20 Å². The lowest BCUT2D eigenvalue weighted by molar-refractivity contribution is -0.118. The van der Waals surface area contributed by atoms with Crippen LogP contribution in [-0.2, 0) is 17.9 Å². The summed E-state index contributed by atoms with van der Waals surface area (Å²) >= 11 is 0. The van der Waals surface area contributed by atoms with Gasteiger partial charge < -0.3 is 0 Å². The second-order valence-corrected chi connectivity index (χ2v) is 4.88. The van der Waals surface area contributed by atoms with E-state index in [1.807, 2.05) is 10.9 Å². The molecular weight excluding hydrogens is 214 g/mol. The summed E-state index contributed by atoms with van der Waals surface area (Å²) in [7, 11) is 0. The first-order valence-corrected chi connectivity index (χ1v) is 6.44. The first-order valence-electron chi connectivity index (χ1n) is 6.44. The van der Waals surface area contributed by atoms with Crippen molar-refractivity contribution in [1.29, 1.82) is 0 Å². The molecule has 1 fully saturated rings. The minimum Gasteiger partial charge on any atom is -0.300 e. The Hall–Kier alpha value is -1.16. The van der Waals surface area contributed by atoms with Crippen LogP contribution in [0.1, 0.15) is 38.7 Å². The zero-order valence-corrected chi connectivity index (χ0v) is 10.7. The van der Waals surface area contributed by atoms with Crippen molar-refractivity contribution >= 4 is 5.78 Å². The van der Waals surface area contributed by atoms with E-state index in [9.17, 15) is 4.79 Å². The molecule has 0 saturated carbocycles. The maximum atomic E-state index is 11.2. The molecule has 1 aliphatic heterocycles. The number of aromatic nitrogens is 2. The summed E-state index contributed by atoms with van der Waals surface area (Å²) in [5.41, 5.74) is 1.25. The summed E-state index contributed by atoms with van der Waals surface area (Å²) < 4.78 is 1.95. The van der Waals surface area contributed by atoms with Crippen LogP contribution in [0, 0.1) is 0 Å². The predicted molar refractivity (Wildman–Crippen MR) is 66.6 cm³/mol. The molecule has 0 radical (unpaired) electrons. The van der Waals surface area contributed by atoms with E-state index in [0.29, 0.717) is 18.2 Å². The van der Waals surface area contributed by atoms with Crippen LogP contribution in [0.25, 0.3) is 0 Å². The SMILES string of the molecule is CCn1cc(CN2CCCC2CC(C)=O)cn1. The molecule has 1 aromatic heterocycles. The fraction of sp³-hybridized carbons (Fsp3) is 0.692. The van der Waals surface area contributed by atoms with E-state index in [0.717, 1.165) is 26.1 Å². The van der Waals surface area contributed by atoms with Crippen LogP contribution < -0.4 is 0 Å². The average Bonchev–Trinajstić information content (AvgIpc) is 2.89. The Kier molecular flexibility index (Phi) is 3.94. The number of Topliss-reactive ketones (excluding diaryl/α,β-unsaturated/α-hetero) is 1. The first-order chi connectivity index (χ1) is 8.19. The molecule has 94 valence electrons. The Balaban J connectivity index is 1.95. The van der Waals surface area contributed by atoms with Crippen molar-refractivity contribution in [3.05, 3.63) is 18.0 Å². The predicted octanol–water partition coefficient (Wildman–Crippen LogP) is 1.85. The molecule has 4 nitrogen and oxygen atoms in total. The van der Waals surface area contributed by atoms with Crippen molar-refractivity contribution in [3.8, 4) is 0 Å². The van der Waals surface area contributed by atoms with E-state index in [4.69, 9.17) is 0 Å². The number of carbonyl (C=O) groups is 1. The van der Waals surface area contributed by atoms with Gasteiger partial charge in [0.2, 0.25) is 0 Å². The molecule has 0 spiro atoms. The first kappa shape index (κ1) is 12.3. The van der Waals surface area contributed by atoms with Crippen molar-refractivity contribution in [2.24, 2.45) is 0 Å². The van der Waals surface area contributed by atoms with E-state index in [2.05, 4.69) is 23.1 Å². The molecule has 2 rings (SSSR count). The molecule has 1 unspecified atom stereocenters. The van der Waals surface area contributed by atoms with Crippen LogP contribution in [0.2, 0.25) is 0 Å². The number of nitrogens with zero attached hydrogens (tertiary/aromatic N) is 3. The number of rotatable bonds is 5. The third-order valence-electron chi connectivity index (χ3n) is 3.42. The van der Waals surface area contributed by atoms with Gasteiger partial charge in [-0.15, -0.1) is 0 Å². The zero-order chi connectivity index (χ0) is 12.3. The van der Waals surface area contributed by atoms with Crippen LogP contribution in [0.3, 0.4) is 0 Å². The monoisotopic (exact) mass is 235 g/mol. The Morgan fingerprint density at radius 2 is 2.41 bits per heavy atom. The average molecular weight is 235 g/mol. The van der Waals surface area contributed by atoms with Crippen molar-refractivity contribution < 1.29 is 4.79 Å². The summed E-state index contributed by atoms with van der Waals surface area (Å²) in [5.74, 6) is 0.297. The smallest absolute Gasteiger partial charge is 0.131 e. The van der Waals surface area contributed by atoms with E-state index in [-0.39, 0.29) is 0 Å². The van der Waals surface area contributed by atoms with Gasteiger partial charge in [0.1, 0.15) is 5.78 Å². The highest BCUT2D eigenvalue weighted by Gasteiger charge is 2.25. The summed E-state index contributed by atoms with van der Waals surface area (Å²) in [6.07, 6.45) is 7.10. The van der Waals surface area contributed by atoms with Gasteiger partial charge in [-0.1, -0.05) is 0 Å². The number of ketones is 1. The lowest BCUT2D eigenvalue weighted by Gasteiger charge is -2.22. The normalized spacial score (nSPS) is 20.9. The molecule has 1 aromatic rings. The Morgan fingerprint density at radius 3 is 3.06 bits per heavy atom. The number of likely N-dealkylation sites (tertiary alicyclic amines) is 1. The molecule has 1 aliphatic rings. The Labute approximate surface area is 103 Å². The van der Waals surface area contributed by atoms with Gasteiger partial charge in [0.25, 0.3) is 0 Å². The van der Waals surface area contributed by atoms with Crippen LogP contribution >= 0.6 is 0 Å². The van der Waals surface area contributed by atoms with Crippen molar-refractivity contribution in [1.82, 2.24) is 14.7 Å². The second-order valence-electron chi connectivity index (χ2n) is 4.88. The lowest BCUT2D eigenvalue weighted by Crippen LogP contribution is -2.30. The molecule has 0 aromatic carbocycles.